The molecule has 0 amide bonds. The first-order chi connectivity index (χ1) is 13.3. The lowest BCUT2D eigenvalue weighted by Crippen LogP contribution is -2.16. The number of halogens is 1. The third kappa shape index (κ3) is 4.55. The summed E-state index contributed by atoms with van der Waals surface area (Å²) in [6.07, 6.45) is 1.09. The zero-order valence-corrected chi connectivity index (χ0v) is 16.8. The number of hydrogen-bond donors (Lipinski definition) is 0. The van der Waals surface area contributed by atoms with E-state index in [1.54, 1.807) is 42.5 Å². The molecule has 3 aromatic rings. The molecule has 2 aromatic carbocycles. The first kappa shape index (κ1) is 20.0. The second kappa shape index (κ2) is 8.08. The maximum Gasteiger partial charge on any atom is 0.364 e. The summed E-state index contributed by atoms with van der Waals surface area (Å²) in [5.41, 5.74) is 2.28. The van der Waals surface area contributed by atoms with Crippen molar-refractivity contribution in [1.82, 2.24) is 9.97 Å². The van der Waals surface area contributed by atoms with Gasteiger partial charge < -0.3 is 4.74 Å². The van der Waals surface area contributed by atoms with E-state index in [1.807, 2.05) is 19.9 Å². The quantitative estimate of drug-likeness (QED) is 0.355. The first-order valence-corrected chi connectivity index (χ1v) is 10.4. The minimum absolute atomic E-state index is 0.0903. The average molecular weight is 417 g/mol. The molecule has 0 atom stereocenters. The highest BCUT2D eigenvalue weighted by molar-refractivity contribution is 7.90. The molecule has 1 heterocycles. The van der Waals surface area contributed by atoms with E-state index in [1.165, 1.54) is 0 Å². The predicted molar refractivity (Wildman–Crippen MR) is 105 cm³/mol. The smallest absolute Gasteiger partial charge is 0.364 e. The van der Waals surface area contributed by atoms with E-state index in [4.69, 9.17) is 16.3 Å². The molecular formula is C20H17ClN2O4S. The van der Waals surface area contributed by atoms with Gasteiger partial charge in [-0.05, 0) is 42.7 Å². The SMILES string of the molecule is Cc1ccc(OC(=O)c2nc(S(=O)(=O)Cc3ccccc3)ncc2Cl)cc1C. The summed E-state index contributed by atoms with van der Waals surface area (Å²) in [7, 11) is -3.86. The lowest BCUT2D eigenvalue weighted by atomic mass is 10.1. The number of rotatable bonds is 5. The van der Waals surface area contributed by atoms with Crippen LogP contribution in [0.2, 0.25) is 5.02 Å². The predicted octanol–water partition coefficient (Wildman–Crippen LogP) is 3.94. The van der Waals surface area contributed by atoms with Crippen LogP contribution < -0.4 is 4.74 Å². The molecule has 0 fully saturated rings. The van der Waals surface area contributed by atoms with Crippen LogP contribution in [0.15, 0.2) is 59.9 Å². The summed E-state index contributed by atoms with van der Waals surface area (Å²) >= 11 is 6.00. The average Bonchev–Trinajstić information content (AvgIpc) is 2.65. The Morgan fingerprint density at radius 3 is 2.46 bits per heavy atom. The lowest BCUT2D eigenvalue weighted by Gasteiger charge is -2.09. The highest BCUT2D eigenvalue weighted by Gasteiger charge is 2.24. The number of nitrogens with zero attached hydrogens (tertiary/aromatic N) is 2. The van der Waals surface area contributed by atoms with Crippen LogP contribution in [-0.4, -0.2) is 24.4 Å². The fourth-order valence-corrected chi connectivity index (χ4v) is 3.81. The number of carbonyl (C=O) groups is 1. The number of aromatic nitrogens is 2. The second-order valence-corrected chi connectivity index (χ2v) is 8.52. The van der Waals surface area contributed by atoms with Gasteiger partial charge in [-0.3, -0.25) is 0 Å². The van der Waals surface area contributed by atoms with Crippen molar-refractivity contribution in [1.29, 1.82) is 0 Å². The van der Waals surface area contributed by atoms with Crippen molar-refractivity contribution >= 4 is 27.4 Å². The van der Waals surface area contributed by atoms with Crippen LogP contribution in [0.25, 0.3) is 0 Å². The highest BCUT2D eigenvalue weighted by Crippen LogP contribution is 2.21. The van der Waals surface area contributed by atoms with Crippen LogP contribution in [0.4, 0.5) is 0 Å². The van der Waals surface area contributed by atoms with Crippen molar-refractivity contribution in [2.75, 3.05) is 0 Å². The summed E-state index contributed by atoms with van der Waals surface area (Å²) < 4.78 is 30.5. The number of benzene rings is 2. The number of esters is 1. The summed E-state index contributed by atoms with van der Waals surface area (Å²) in [5, 5.41) is -0.569. The van der Waals surface area contributed by atoms with Crippen LogP contribution in [0, 0.1) is 13.8 Å². The molecule has 1 aromatic heterocycles. The summed E-state index contributed by atoms with van der Waals surface area (Å²) in [6.45, 7) is 3.82. The largest absolute Gasteiger partial charge is 0.422 e. The van der Waals surface area contributed by atoms with E-state index >= 15 is 0 Å². The second-order valence-electron chi connectivity index (χ2n) is 6.23. The fourth-order valence-electron chi connectivity index (χ4n) is 2.43. The van der Waals surface area contributed by atoms with Crippen LogP contribution in [-0.2, 0) is 15.6 Å². The number of hydrogen-bond acceptors (Lipinski definition) is 6. The van der Waals surface area contributed by atoms with Gasteiger partial charge in [-0.15, -0.1) is 0 Å². The zero-order chi connectivity index (χ0) is 20.3. The van der Waals surface area contributed by atoms with E-state index in [9.17, 15) is 13.2 Å². The van der Waals surface area contributed by atoms with Crippen LogP contribution in [0.5, 0.6) is 5.75 Å². The molecule has 0 radical (unpaired) electrons. The van der Waals surface area contributed by atoms with Crippen molar-refractivity contribution in [2.24, 2.45) is 0 Å². The normalized spacial score (nSPS) is 11.2. The van der Waals surface area contributed by atoms with Crippen LogP contribution >= 0.6 is 11.6 Å². The van der Waals surface area contributed by atoms with Crippen molar-refractivity contribution in [3.8, 4) is 5.75 Å². The topological polar surface area (TPSA) is 86.2 Å². The Morgan fingerprint density at radius 1 is 1.07 bits per heavy atom. The maximum atomic E-state index is 12.6. The minimum atomic E-state index is -3.86. The molecule has 144 valence electrons. The van der Waals surface area contributed by atoms with Gasteiger partial charge in [-0.25, -0.2) is 23.2 Å². The summed E-state index contributed by atoms with van der Waals surface area (Å²) in [5.74, 6) is -0.829. The molecule has 0 aliphatic rings. The molecular weight excluding hydrogens is 400 g/mol. The molecule has 0 saturated carbocycles. The zero-order valence-electron chi connectivity index (χ0n) is 15.2. The van der Waals surface area contributed by atoms with E-state index in [0.29, 0.717) is 11.3 Å². The lowest BCUT2D eigenvalue weighted by molar-refractivity contribution is 0.0727. The highest BCUT2D eigenvalue weighted by atomic mass is 35.5. The number of ether oxygens (including phenoxy) is 1. The molecule has 6 nitrogen and oxygen atoms in total. The molecule has 0 spiro atoms. The van der Waals surface area contributed by atoms with E-state index < -0.39 is 21.0 Å². The van der Waals surface area contributed by atoms with Crippen LogP contribution in [0.3, 0.4) is 0 Å². The minimum Gasteiger partial charge on any atom is -0.422 e. The van der Waals surface area contributed by atoms with Gasteiger partial charge in [-0.2, -0.15) is 0 Å². The molecule has 0 saturated heterocycles. The number of sulfone groups is 1. The van der Waals surface area contributed by atoms with Crippen molar-refractivity contribution in [3.63, 3.8) is 0 Å². The molecule has 0 unspecified atom stereocenters. The Balaban J connectivity index is 1.88. The van der Waals surface area contributed by atoms with E-state index in [0.717, 1.165) is 17.3 Å². The van der Waals surface area contributed by atoms with Crippen molar-refractivity contribution < 1.29 is 17.9 Å². The Morgan fingerprint density at radius 2 is 1.79 bits per heavy atom. The Bertz CT molecular complexity index is 1130. The Labute approximate surface area is 168 Å². The molecule has 28 heavy (non-hydrogen) atoms. The molecule has 3 rings (SSSR count). The number of aryl methyl sites for hydroxylation is 2. The van der Waals surface area contributed by atoms with E-state index in [2.05, 4.69) is 9.97 Å². The molecule has 0 bridgehead atoms. The Kier molecular flexibility index (Phi) is 5.76. The van der Waals surface area contributed by atoms with Gasteiger partial charge in [0, 0.05) is 0 Å². The molecule has 0 aliphatic carbocycles. The monoisotopic (exact) mass is 416 g/mol. The first-order valence-electron chi connectivity index (χ1n) is 8.35. The van der Waals surface area contributed by atoms with Gasteiger partial charge in [-0.1, -0.05) is 48.0 Å². The van der Waals surface area contributed by atoms with Crippen LogP contribution in [0.1, 0.15) is 27.2 Å². The molecule has 8 heteroatoms. The van der Waals surface area contributed by atoms with Gasteiger partial charge >= 0.3 is 5.97 Å². The standard InChI is InChI=1S/C20H17ClN2O4S/c1-13-8-9-16(10-14(13)2)27-19(24)18-17(21)11-22-20(23-18)28(25,26)12-15-6-4-3-5-7-15/h3-11H,12H2,1-2H3. The van der Waals surface area contributed by atoms with Crippen molar-refractivity contribution in [2.45, 2.75) is 24.8 Å². The van der Waals surface area contributed by atoms with Gasteiger partial charge in [0.05, 0.1) is 17.0 Å². The van der Waals surface area contributed by atoms with E-state index in [-0.39, 0.29) is 16.5 Å². The molecule has 0 aliphatic heterocycles. The molecule has 0 N–H and O–H groups in total. The summed E-state index contributed by atoms with van der Waals surface area (Å²) in [6, 6.07) is 13.8. The van der Waals surface area contributed by atoms with Crippen molar-refractivity contribution in [3.05, 3.63) is 82.1 Å². The number of carbonyl (C=O) groups excluding carboxylic acids is 1. The third-order valence-electron chi connectivity index (χ3n) is 4.08. The maximum absolute atomic E-state index is 12.6. The third-order valence-corrected chi connectivity index (χ3v) is 5.82. The fraction of sp³-hybridized carbons (Fsp3) is 0.150. The summed E-state index contributed by atoms with van der Waals surface area (Å²) in [4.78, 5) is 20.1. The van der Waals surface area contributed by atoms with Gasteiger partial charge in [0.25, 0.3) is 0 Å². The Hall–Kier alpha value is -2.77. The van der Waals surface area contributed by atoms with Gasteiger partial charge in [0.2, 0.25) is 15.0 Å². The van der Waals surface area contributed by atoms with Gasteiger partial charge in [0.15, 0.2) is 5.69 Å². The van der Waals surface area contributed by atoms with Gasteiger partial charge in [0.1, 0.15) is 5.75 Å².